The Kier molecular flexibility index (Phi) is 8.84. The van der Waals surface area contributed by atoms with Crippen molar-refractivity contribution in [2.24, 2.45) is 0 Å². The summed E-state index contributed by atoms with van der Waals surface area (Å²) in [6.07, 6.45) is -0.990. The van der Waals surface area contributed by atoms with Gasteiger partial charge in [0.05, 0.1) is 11.5 Å². The lowest BCUT2D eigenvalue weighted by molar-refractivity contribution is -0.384. The summed E-state index contributed by atoms with van der Waals surface area (Å²) in [7, 11) is 0. The fourth-order valence-corrected chi connectivity index (χ4v) is 2.07. The summed E-state index contributed by atoms with van der Waals surface area (Å²) in [5.41, 5.74) is -0.885. The van der Waals surface area contributed by atoms with Crippen LogP contribution in [0.15, 0.2) is 24.3 Å². The standard InChI is InChI=1S/C18H24N2O9/c1-18(2,3)29-16(23)19-14(15(21)22)6-4-5-11-27-17(24)28-13-9-7-12(8-10-13)20(25)26/h7-10,14H,4-6,11H2,1-3H3,(H,19,23)(H,21,22)/t14-/m0/s1. The third-order valence-corrected chi connectivity index (χ3v) is 3.34. The van der Waals surface area contributed by atoms with Crippen LogP contribution in [0.25, 0.3) is 0 Å². The van der Waals surface area contributed by atoms with Crippen LogP contribution in [-0.4, -0.2) is 46.5 Å². The van der Waals surface area contributed by atoms with Crippen molar-refractivity contribution >= 4 is 23.9 Å². The number of alkyl carbamates (subject to hydrolysis) is 1. The molecule has 0 saturated carbocycles. The van der Waals surface area contributed by atoms with Crippen LogP contribution in [0.3, 0.4) is 0 Å². The Balaban J connectivity index is 2.31. The lowest BCUT2D eigenvalue weighted by Crippen LogP contribution is -2.43. The summed E-state index contributed by atoms with van der Waals surface area (Å²) in [6, 6.07) is 3.77. The highest BCUT2D eigenvalue weighted by Gasteiger charge is 2.23. The molecule has 0 bridgehead atoms. The maximum Gasteiger partial charge on any atom is 0.513 e. The summed E-state index contributed by atoms with van der Waals surface area (Å²) in [6.45, 7) is 4.96. The fourth-order valence-electron chi connectivity index (χ4n) is 2.07. The third-order valence-electron chi connectivity index (χ3n) is 3.34. The molecule has 0 aromatic heterocycles. The largest absolute Gasteiger partial charge is 0.513 e. The van der Waals surface area contributed by atoms with Gasteiger partial charge in [0.25, 0.3) is 5.69 Å². The first-order valence-electron chi connectivity index (χ1n) is 8.79. The van der Waals surface area contributed by atoms with E-state index in [1.807, 2.05) is 0 Å². The number of carbonyl (C=O) groups excluding carboxylic acids is 2. The van der Waals surface area contributed by atoms with Crippen molar-refractivity contribution in [2.75, 3.05) is 6.61 Å². The molecule has 1 amide bonds. The second kappa shape index (κ2) is 10.8. The molecular formula is C18H24N2O9. The molecule has 1 aromatic rings. The summed E-state index contributed by atoms with van der Waals surface area (Å²) in [5, 5.41) is 22.0. The number of non-ortho nitro benzene ring substituents is 1. The van der Waals surface area contributed by atoms with Gasteiger partial charge in [-0.15, -0.1) is 0 Å². The molecular weight excluding hydrogens is 388 g/mol. The molecule has 0 fully saturated rings. The zero-order valence-corrected chi connectivity index (χ0v) is 16.4. The third kappa shape index (κ3) is 9.94. The van der Waals surface area contributed by atoms with E-state index in [0.29, 0.717) is 12.8 Å². The van der Waals surface area contributed by atoms with Crippen LogP contribution < -0.4 is 10.1 Å². The van der Waals surface area contributed by atoms with Gasteiger partial charge in [-0.05, 0) is 52.2 Å². The SMILES string of the molecule is CC(C)(C)OC(=O)N[C@@H](CCCCOC(=O)Oc1ccc([N+](=O)[O-])cc1)C(=O)O. The first-order chi connectivity index (χ1) is 13.5. The Bertz CT molecular complexity index is 726. The normalized spacial score (nSPS) is 11.8. The molecule has 0 heterocycles. The highest BCUT2D eigenvalue weighted by molar-refractivity contribution is 5.79. The van der Waals surface area contributed by atoms with E-state index < -0.39 is 34.8 Å². The average Bonchev–Trinajstić information content (AvgIpc) is 2.59. The summed E-state index contributed by atoms with van der Waals surface area (Å²) in [4.78, 5) is 44.4. The van der Waals surface area contributed by atoms with Crippen LogP contribution in [-0.2, 0) is 14.3 Å². The van der Waals surface area contributed by atoms with Crippen LogP contribution in [0.5, 0.6) is 5.75 Å². The number of aliphatic carboxylic acids is 1. The van der Waals surface area contributed by atoms with Gasteiger partial charge in [-0.25, -0.2) is 14.4 Å². The molecule has 0 saturated heterocycles. The number of nitro groups is 1. The highest BCUT2D eigenvalue weighted by atomic mass is 16.7. The first kappa shape index (κ1) is 23.7. The van der Waals surface area contributed by atoms with Crippen LogP contribution in [0.1, 0.15) is 40.0 Å². The van der Waals surface area contributed by atoms with Gasteiger partial charge in [-0.3, -0.25) is 10.1 Å². The van der Waals surface area contributed by atoms with Gasteiger partial charge in [0, 0.05) is 12.1 Å². The van der Waals surface area contributed by atoms with Gasteiger partial charge < -0.3 is 24.6 Å². The Morgan fingerprint density at radius 2 is 1.79 bits per heavy atom. The maximum absolute atomic E-state index is 11.7. The van der Waals surface area contributed by atoms with Gasteiger partial charge in [-0.2, -0.15) is 0 Å². The number of rotatable bonds is 9. The van der Waals surface area contributed by atoms with E-state index in [1.54, 1.807) is 20.8 Å². The number of unbranched alkanes of at least 4 members (excludes halogenated alkanes) is 1. The average molecular weight is 412 g/mol. The molecule has 0 aliphatic heterocycles. The van der Waals surface area contributed by atoms with Crippen LogP contribution in [0, 0.1) is 10.1 Å². The van der Waals surface area contributed by atoms with Crippen molar-refractivity contribution in [3.8, 4) is 5.75 Å². The van der Waals surface area contributed by atoms with Crippen LogP contribution in [0.2, 0.25) is 0 Å². The fraction of sp³-hybridized carbons (Fsp3) is 0.500. The number of benzene rings is 1. The first-order valence-corrected chi connectivity index (χ1v) is 8.79. The topological polar surface area (TPSA) is 154 Å². The highest BCUT2D eigenvalue weighted by Crippen LogP contribution is 2.17. The number of nitrogens with zero attached hydrogens (tertiary/aromatic N) is 1. The number of hydrogen-bond acceptors (Lipinski definition) is 8. The number of carbonyl (C=O) groups is 3. The van der Waals surface area contributed by atoms with Gasteiger partial charge in [-0.1, -0.05) is 0 Å². The van der Waals surface area contributed by atoms with Crippen LogP contribution >= 0.6 is 0 Å². The van der Waals surface area contributed by atoms with E-state index in [9.17, 15) is 24.5 Å². The molecule has 0 spiro atoms. The lowest BCUT2D eigenvalue weighted by atomic mass is 10.1. The molecule has 11 nitrogen and oxygen atoms in total. The van der Waals surface area contributed by atoms with E-state index in [4.69, 9.17) is 19.3 Å². The van der Waals surface area contributed by atoms with E-state index in [2.05, 4.69) is 5.32 Å². The number of hydrogen-bond donors (Lipinski definition) is 2. The molecule has 1 atom stereocenters. The minimum Gasteiger partial charge on any atom is -0.480 e. The van der Waals surface area contributed by atoms with Gasteiger partial charge in [0.2, 0.25) is 0 Å². The Hall–Kier alpha value is -3.37. The van der Waals surface area contributed by atoms with Gasteiger partial charge in [0.1, 0.15) is 17.4 Å². The molecule has 160 valence electrons. The molecule has 1 rings (SSSR count). The van der Waals surface area contributed by atoms with Gasteiger partial charge >= 0.3 is 18.2 Å². The Labute approximate surface area is 167 Å². The maximum atomic E-state index is 11.7. The smallest absolute Gasteiger partial charge is 0.480 e. The Morgan fingerprint density at radius 1 is 1.17 bits per heavy atom. The molecule has 0 aliphatic rings. The minimum absolute atomic E-state index is 0.0232. The lowest BCUT2D eigenvalue weighted by Gasteiger charge is -2.22. The molecule has 0 unspecified atom stereocenters. The molecule has 2 N–H and O–H groups in total. The van der Waals surface area contributed by atoms with E-state index >= 15 is 0 Å². The van der Waals surface area contributed by atoms with Crippen molar-refractivity contribution in [3.63, 3.8) is 0 Å². The van der Waals surface area contributed by atoms with Crippen molar-refractivity contribution in [2.45, 2.75) is 51.7 Å². The second-order valence-electron chi connectivity index (χ2n) is 6.98. The second-order valence-corrected chi connectivity index (χ2v) is 6.98. The number of carboxylic acids is 1. The molecule has 0 aliphatic carbocycles. The van der Waals surface area contributed by atoms with Crippen molar-refractivity contribution in [1.29, 1.82) is 0 Å². The zero-order valence-electron chi connectivity index (χ0n) is 16.4. The quantitative estimate of drug-likeness (QED) is 0.204. The van der Waals surface area contributed by atoms with E-state index in [-0.39, 0.29) is 24.5 Å². The van der Waals surface area contributed by atoms with E-state index in [1.165, 1.54) is 24.3 Å². The zero-order chi connectivity index (χ0) is 22.0. The number of amides is 1. The predicted molar refractivity (Wildman–Crippen MR) is 99.7 cm³/mol. The van der Waals surface area contributed by atoms with E-state index in [0.717, 1.165) is 0 Å². The molecule has 11 heteroatoms. The van der Waals surface area contributed by atoms with Crippen molar-refractivity contribution in [1.82, 2.24) is 5.32 Å². The molecule has 1 aromatic carbocycles. The summed E-state index contributed by atoms with van der Waals surface area (Å²) < 4.78 is 14.7. The minimum atomic E-state index is -1.20. The summed E-state index contributed by atoms with van der Waals surface area (Å²) >= 11 is 0. The number of ether oxygens (including phenoxy) is 3. The monoisotopic (exact) mass is 412 g/mol. The number of nitro benzene ring substituents is 1. The van der Waals surface area contributed by atoms with Gasteiger partial charge in [0.15, 0.2) is 0 Å². The van der Waals surface area contributed by atoms with Crippen molar-refractivity contribution in [3.05, 3.63) is 34.4 Å². The summed E-state index contributed by atoms with van der Waals surface area (Å²) in [5.74, 6) is -1.11. The molecule has 0 radical (unpaired) electrons. The number of carboxylic acid groups (broad SMARTS) is 1. The number of nitrogens with one attached hydrogen (secondary N) is 1. The predicted octanol–water partition coefficient (Wildman–Crippen LogP) is 3.26. The molecule has 29 heavy (non-hydrogen) atoms. The Morgan fingerprint density at radius 3 is 2.31 bits per heavy atom. The van der Waals surface area contributed by atoms with Crippen LogP contribution in [0.4, 0.5) is 15.3 Å². The van der Waals surface area contributed by atoms with Crippen molar-refractivity contribution < 1.29 is 38.6 Å².